The normalized spacial score (nSPS) is 14.1. The van der Waals surface area contributed by atoms with Crippen LogP contribution in [-0.2, 0) is 10.1 Å². The van der Waals surface area contributed by atoms with Crippen LogP contribution in [0.5, 0.6) is 0 Å². The van der Waals surface area contributed by atoms with Gasteiger partial charge in [0.1, 0.15) is 0 Å². The van der Waals surface area contributed by atoms with Crippen molar-refractivity contribution in [1.82, 2.24) is 4.90 Å². The molecule has 2 amide bonds. The van der Waals surface area contributed by atoms with Crippen molar-refractivity contribution < 1.29 is 22.6 Å². The molecular formula is C14H13CaNO5S. The zero-order valence-corrected chi connectivity index (χ0v) is 11.6. The van der Waals surface area contributed by atoms with Crippen LogP contribution in [0.25, 0.3) is 10.8 Å². The summed E-state index contributed by atoms with van der Waals surface area (Å²) in [5.41, 5.74) is 0.719. The topological polar surface area (TPSA) is 91.8 Å². The van der Waals surface area contributed by atoms with E-state index < -0.39 is 27.7 Å². The van der Waals surface area contributed by atoms with Gasteiger partial charge in [-0.25, -0.2) is 0 Å². The van der Waals surface area contributed by atoms with Crippen molar-refractivity contribution >= 4 is 70.4 Å². The fourth-order valence-corrected chi connectivity index (χ4v) is 2.90. The molecule has 0 aromatic heterocycles. The number of imide groups is 1. The molecular weight excluding hydrogens is 334 g/mol. The Hall–Kier alpha value is -0.990. The zero-order valence-electron chi connectivity index (χ0n) is 10.8. The quantitative estimate of drug-likeness (QED) is 0.493. The van der Waals surface area contributed by atoms with Crippen molar-refractivity contribution in [2.75, 3.05) is 12.3 Å². The molecule has 0 saturated carbocycles. The van der Waals surface area contributed by atoms with Crippen LogP contribution in [0.3, 0.4) is 0 Å². The Morgan fingerprint density at radius 1 is 0.955 bits per heavy atom. The summed E-state index contributed by atoms with van der Waals surface area (Å²) in [4.78, 5) is 25.6. The maximum absolute atomic E-state index is 12.4. The molecule has 112 valence electrons. The van der Waals surface area contributed by atoms with Crippen LogP contribution in [0.2, 0.25) is 0 Å². The van der Waals surface area contributed by atoms with E-state index in [2.05, 4.69) is 0 Å². The molecule has 0 spiro atoms. The molecule has 22 heavy (non-hydrogen) atoms. The van der Waals surface area contributed by atoms with Gasteiger partial charge >= 0.3 is 37.7 Å². The number of carbonyl (C=O) groups excluding carboxylic acids is 2. The van der Waals surface area contributed by atoms with E-state index >= 15 is 0 Å². The zero-order chi connectivity index (χ0) is 15.2. The van der Waals surface area contributed by atoms with Gasteiger partial charge in [-0.1, -0.05) is 24.3 Å². The molecule has 1 heterocycles. The van der Waals surface area contributed by atoms with Gasteiger partial charge in [-0.2, -0.15) is 8.42 Å². The Balaban J connectivity index is 0.00000176. The van der Waals surface area contributed by atoms with Gasteiger partial charge in [-0.05, 0) is 17.5 Å². The molecule has 6 nitrogen and oxygen atoms in total. The average molecular weight is 347 g/mol. The van der Waals surface area contributed by atoms with Crippen LogP contribution in [0.15, 0.2) is 36.4 Å². The maximum atomic E-state index is 12.4. The molecule has 0 saturated heterocycles. The fourth-order valence-electron chi connectivity index (χ4n) is 2.49. The predicted molar refractivity (Wildman–Crippen MR) is 84.3 cm³/mol. The molecule has 0 fully saturated rings. The molecule has 0 unspecified atom stereocenters. The summed E-state index contributed by atoms with van der Waals surface area (Å²) in [7, 11) is -4.25. The van der Waals surface area contributed by atoms with Crippen LogP contribution < -0.4 is 0 Å². The summed E-state index contributed by atoms with van der Waals surface area (Å²) in [6, 6.07) is 10.2. The summed E-state index contributed by atoms with van der Waals surface area (Å²) in [6.45, 7) is -0.374. The molecule has 0 atom stereocenters. The molecule has 0 aliphatic carbocycles. The Morgan fingerprint density at radius 2 is 1.45 bits per heavy atom. The SMILES string of the molecule is O=C1c2cccc3cccc(c23)C(=O)N1CCS(=O)(=O)O.[CaH2]. The average Bonchev–Trinajstić information content (AvgIpc) is 2.43. The summed E-state index contributed by atoms with van der Waals surface area (Å²) in [5, 5.41) is 1.36. The second-order valence-electron chi connectivity index (χ2n) is 4.76. The Labute approximate surface area is 156 Å². The molecule has 1 aliphatic rings. The van der Waals surface area contributed by atoms with E-state index in [0.29, 0.717) is 16.5 Å². The Morgan fingerprint density at radius 3 is 1.91 bits per heavy atom. The van der Waals surface area contributed by atoms with Crippen molar-refractivity contribution in [3.63, 3.8) is 0 Å². The number of rotatable bonds is 3. The second-order valence-corrected chi connectivity index (χ2v) is 6.33. The predicted octanol–water partition coefficient (Wildman–Crippen LogP) is 0.407. The third-order valence-corrected chi connectivity index (χ3v) is 4.13. The number of amides is 2. The molecule has 2 aromatic carbocycles. The molecule has 0 radical (unpaired) electrons. The van der Waals surface area contributed by atoms with Crippen molar-refractivity contribution in [3.05, 3.63) is 47.5 Å². The van der Waals surface area contributed by atoms with E-state index in [0.717, 1.165) is 10.3 Å². The number of hydrogen-bond donors (Lipinski definition) is 1. The third-order valence-electron chi connectivity index (χ3n) is 3.43. The van der Waals surface area contributed by atoms with Crippen molar-refractivity contribution in [2.24, 2.45) is 0 Å². The second kappa shape index (κ2) is 6.25. The summed E-state index contributed by atoms with van der Waals surface area (Å²) in [6.07, 6.45) is 0. The van der Waals surface area contributed by atoms with E-state index in [-0.39, 0.29) is 44.3 Å². The summed E-state index contributed by atoms with van der Waals surface area (Å²) >= 11 is 0. The first-order chi connectivity index (χ1) is 9.88. The molecule has 3 rings (SSSR count). The monoisotopic (exact) mass is 347 g/mol. The van der Waals surface area contributed by atoms with Gasteiger partial charge in [0.15, 0.2) is 0 Å². The van der Waals surface area contributed by atoms with E-state index in [1.807, 2.05) is 0 Å². The number of carbonyl (C=O) groups is 2. The van der Waals surface area contributed by atoms with Crippen LogP contribution in [-0.4, -0.2) is 79.7 Å². The number of nitrogens with zero attached hydrogens (tertiary/aromatic N) is 1. The first-order valence-electron chi connectivity index (χ1n) is 6.21. The van der Waals surface area contributed by atoms with Gasteiger partial charge in [0.2, 0.25) is 0 Å². The standard InChI is InChI=1S/C14H11NO5S.Ca.2H/c16-13-10-5-1-3-9-4-2-6-11(12(9)10)14(17)15(13)7-8-21(18,19)20;;;/h1-6H,7-8H2,(H,18,19,20);;;. The summed E-state index contributed by atoms with van der Waals surface area (Å²) < 4.78 is 30.5. The van der Waals surface area contributed by atoms with Gasteiger partial charge in [0, 0.05) is 23.1 Å². The van der Waals surface area contributed by atoms with Gasteiger partial charge < -0.3 is 0 Å². The molecule has 0 bridgehead atoms. The van der Waals surface area contributed by atoms with Crippen LogP contribution in [0, 0.1) is 0 Å². The minimum absolute atomic E-state index is 0. The van der Waals surface area contributed by atoms with E-state index in [4.69, 9.17) is 4.55 Å². The van der Waals surface area contributed by atoms with Gasteiger partial charge in [0.05, 0.1) is 5.75 Å². The van der Waals surface area contributed by atoms with Gasteiger partial charge in [0.25, 0.3) is 21.9 Å². The molecule has 8 heteroatoms. The van der Waals surface area contributed by atoms with Crippen LogP contribution in [0.4, 0.5) is 0 Å². The Kier molecular flexibility index (Phi) is 4.93. The molecule has 2 aromatic rings. The van der Waals surface area contributed by atoms with Crippen LogP contribution in [0.1, 0.15) is 20.7 Å². The van der Waals surface area contributed by atoms with Crippen molar-refractivity contribution in [3.8, 4) is 0 Å². The van der Waals surface area contributed by atoms with Crippen molar-refractivity contribution in [1.29, 1.82) is 0 Å². The first kappa shape index (κ1) is 17.4. The van der Waals surface area contributed by atoms with E-state index in [1.54, 1.807) is 36.4 Å². The molecule has 1 N–H and O–H groups in total. The summed E-state index contributed by atoms with van der Waals surface area (Å²) in [5.74, 6) is -1.77. The van der Waals surface area contributed by atoms with Gasteiger partial charge in [-0.15, -0.1) is 0 Å². The minimum atomic E-state index is -4.25. The van der Waals surface area contributed by atoms with Crippen molar-refractivity contribution in [2.45, 2.75) is 0 Å². The first-order valence-corrected chi connectivity index (χ1v) is 7.82. The van der Waals surface area contributed by atoms with E-state index in [1.165, 1.54) is 0 Å². The molecule has 1 aliphatic heterocycles. The van der Waals surface area contributed by atoms with E-state index in [9.17, 15) is 18.0 Å². The number of hydrogen-bond acceptors (Lipinski definition) is 4. The Bertz CT molecular complexity index is 827. The van der Waals surface area contributed by atoms with Crippen LogP contribution >= 0.6 is 0 Å². The number of benzene rings is 2. The van der Waals surface area contributed by atoms with Gasteiger partial charge in [-0.3, -0.25) is 19.0 Å². The third kappa shape index (κ3) is 3.04. The fraction of sp³-hybridized carbons (Fsp3) is 0.143.